The van der Waals surface area contributed by atoms with E-state index in [1.165, 1.54) is 58.0 Å². The lowest BCUT2D eigenvalue weighted by molar-refractivity contribution is 0.0376. The molecule has 3 heteroatoms. The average Bonchev–Trinajstić information content (AvgIpc) is 3.18. The van der Waals surface area contributed by atoms with Gasteiger partial charge < -0.3 is 5.32 Å². The number of hydrogen-bond donors (Lipinski definition) is 1. The second kappa shape index (κ2) is 6.59. The molecule has 1 saturated heterocycles. The molecule has 2 heterocycles. The second-order valence-corrected chi connectivity index (χ2v) is 7.34. The number of rotatable bonds is 5. The van der Waals surface area contributed by atoms with Crippen LogP contribution in [0.4, 0.5) is 0 Å². The molecule has 0 radical (unpaired) electrons. The maximum atomic E-state index is 3.83. The number of piperidine rings is 1. The molecule has 2 aliphatic rings. The first-order valence-electron chi connectivity index (χ1n) is 8.39. The Balaban J connectivity index is 1.90. The summed E-state index contributed by atoms with van der Waals surface area (Å²) in [6.45, 7) is 5.94. The highest BCUT2D eigenvalue weighted by molar-refractivity contribution is 7.10. The van der Waals surface area contributed by atoms with Crippen LogP contribution in [0, 0.1) is 0 Å². The minimum atomic E-state index is 0.390. The number of likely N-dealkylation sites (tertiary alicyclic amines) is 1. The first kappa shape index (κ1) is 14.6. The highest BCUT2D eigenvalue weighted by atomic mass is 32.1. The van der Waals surface area contributed by atoms with Crippen LogP contribution < -0.4 is 5.32 Å². The molecule has 0 bridgehead atoms. The van der Waals surface area contributed by atoms with Gasteiger partial charge in [0.05, 0.1) is 6.04 Å². The van der Waals surface area contributed by atoms with Gasteiger partial charge in [-0.15, -0.1) is 11.3 Å². The summed E-state index contributed by atoms with van der Waals surface area (Å²) < 4.78 is 0. The van der Waals surface area contributed by atoms with Crippen LogP contribution in [0.25, 0.3) is 0 Å². The van der Waals surface area contributed by atoms with Crippen LogP contribution in [0.3, 0.4) is 0 Å². The number of hydrogen-bond acceptors (Lipinski definition) is 3. The smallest absolute Gasteiger partial charge is 0.0601 e. The van der Waals surface area contributed by atoms with Crippen LogP contribution in [0.5, 0.6) is 0 Å². The summed E-state index contributed by atoms with van der Waals surface area (Å²) in [6, 6.07) is 5.08. The van der Waals surface area contributed by atoms with E-state index in [9.17, 15) is 0 Å². The van der Waals surface area contributed by atoms with Gasteiger partial charge in [0.25, 0.3) is 0 Å². The van der Waals surface area contributed by atoms with Crippen LogP contribution in [0.1, 0.15) is 62.8 Å². The standard InChI is InChI=1S/C17H28N2S/c1-2-18-16(15-9-8-14-20-15)17(10-4-5-11-17)19-12-6-3-7-13-19/h8-9,14,16,18H,2-7,10-13H2,1H3. The molecular formula is C17H28N2S. The van der Waals surface area contributed by atoms with Crippen LogP contribution >= 0.6 is 11.3 Å². The number of likely N-dealkylation sites (N-methyl/N-ethyl adjacent to an activating group) is 1. The highest BCUT2D eigenvalue weighted by Crippen LogP contribution is 2.46. The fraction of sp³-hybridized carbons (Fsp3) is 0.765. The maximum absolute atomic E-state index is 3.83. The largest absolute Gasteiger partial charge is 0.308 e. The second-order valence-electron chi connectivity index (χ2n) is 6.36. The fourth-order valence-electron chi connectivity index (χ4n) is 4.33. The molecule has 1 aromatic heterocycles. The summed E-state index contributed by atoms with van der Waals surface area (Å²) in [7, 11) is 0. The Morgan fingerprint density at radius 1 is 1.20 bits per heavy atom. The summed E-state index contributed by atoms with van der Waals surface area (Å²) in [6.07, 6.45) is 9.78. The van der Waals surface area contributed by atoms with E-state index < -0.39 is 0 Å². The molecule has 1 aliphatic heterocycles. The van der Waals surface area contributed by atoms with Gasteiger partial charge in [0, 0.05) is 10.4 Å². The van der Waals surface area contributed by atoms with Gasteiger partial charge >= 0.3 is 0 Å². The van der Waals surface area contributed by atoms with E-state index >= 15 is 0 Å². The normalized spacial score (nSPS) is 24.9. The van der Waals surface area contributed by atoms with Crippen molar-refractivity contribution in [2.75, 3.05) is 19.6 Å². The first-order valence-corrected chi connectivity index (χ1v) is 9.26. The lowest BCUT2D eigenvalue weighted by atomic mass is 9.83. The SMILES string of the molecule is CCNC(c1cccs1)C1(N2CCCCC2)CCCC1. The third-order valence-corrected chi connectivity index (χ3v) is 6.17. The molecule has 2 nitrogen and oxygen atoms in total. The monoisotopic (exact) mass is 292 g/mol. The average molecular weight is 292 g/mol. The van der Waals surface area contributed by atoms with Crippen molar-refractivity contribution in [1.29, 1.82) is 0 Å². The molecule has 1 aliphatic carbocycles. The molecule has 3 rings (SSSR count). The summed E-state index contributed by atoms with van der Waals surface area (Å²) >= 11 is 1.93. The van der Waals surface area contributed by atoms with E-state index in [0.29, 0.717) is 11.6 Å². The topological polar surface area (TPSA) is 15.3 Å². The molecule has 20 heavy (non-hydrogen) atoms. The molecule has 112 valence electrons. The van der Waals surface area contributed by atoms with Gasteiger partial charge in [0.2, 0.25) is 0 Å². The van der Waals surface area contributed by atoms with E-state index in [4.69, 9.17) is 0 Å². The van der Waals surface area contributed by atoms with E-state index in [2.05, 4.69) is 34.7 Å². The third-order valence-electron chi connectivity index (χ3n) is 5.23. The number of nitrogens with zero attached hydrogens (tertiary/aromatic N) is 1. The van der Waals surface area contributed by atoms with Crippen molar-refractivity contribution in [3.8, 4) is 0 Å². The summed E-state index contributed by atoms with van der Waals surface area (Å²) in [5.74, 6) is 0. The molecule has 0 aromatic carbocycles. The molecule has 1 N–H and O–H groups in total. The molecule has 1 atom stereocenters. The van der Waals surface area contributed by atoms with Crippen LogP contribution in [0.2, 0.25) is 0 Å². The van der Waals surface area contributed by atoms with Gasteiger partial charge in [-0.1, -0.05) is 32.3 Å². The minimum absolute atomic E-state index is 0.390. The van der Waals surface area contributed by atoms with Gasteiger partial charge in [-0.3, -0.25) is 4.90 Å². The Hall–Kier alpha value is -0.380. The van der Waals surface area contributed by atoms with Gasteiger partial charge in [-0.2, -0.15) is 0 Å². The van der Waals surface area contributed by atoms with Crippen molar-refractivity contribution >= 4 is 11.3 Å². The zero-order valence-electron chi connectivity index (χ0n) is 12.7. The number of thiophene rings is 1. The van der Waals surface area contributed by atoms with E-state index in [0.717, 1.165) is 6.54 Å². The van der Waals surface area contributed by atoms with Gasteiger partial charge in [0.15, 0.2) is 0 Å². The Bertz CT molecular complexity index is 389. The van der Waals surface area contributed by atoms with Crippen molar-refractivity contribution in [1.82, 2.24) is 10.2 Å². The molecule has 0 spiro atoms. The Morgan fingerprint density at radius 2 is 1.95 bits per heavy atom. The molecule has 1 saturated carbocycles. The Kier molecular flexibility index (Phi) is 4.79. The lowest BCUT2D eigenvalue weighted by Gasteiger charge is -2.48. The van der Waals surface area contributed by atoms with Crippen molar-refractivity contribution in [3.05, 3.63) is 22.4 Å². The third kappa shape index (κ3) is 2.68. The zero-order chi connectivity index (χ0) is 13.8. The summed E-state index contributed by atoms with van der Waals surface area (Å²) in [5.41, 5.74) is 0.390. The van der Waals surface area contributed by atoms with Crippen LogP contribution in [0.15, 0.2) is 17.5 Å². The van der Waals surface area contributed by atoms with E-state index in [-0.39, 0.29) is 0 Å². The predicted octanol–water partition coefficient (Wildman–Crippen LogP) is 4.20. The molecule has 1 aromatic rings. The van der Waals surface area contributed by atoms with Crippen LogP contribution in [-0.4, -0.2) is 30.1 Å². The molecule has 0 amide bonds. The Morgan fingerprint density at radius 3 is 2.55 bits per heavy atom. The summed E-state index contributed by atoms with van der Waals surface area (Å²) in [4.78, 5) is 4.38. The Labute approximate surface area is 127 Å². The van der Waals surface area contributed by atoms with E-state index in [1.807, 2.05) is 11.3 Å². The molecule has 2 fully saturated rings. The van der Waals surface area contributed by atoms with E-state index in [1.54, 1.807) is 4.88 Å². The minimum Gasteiger partial charge on any atom is -0.308 e. The van der Waals surface area contributed by atoms with Gasteiger partial charge in [-0.25, -0.2) is 0 Å². The molecular weight excluding hydrogens is 264 g/mol. The first-order chi connectivity index (χ1) is 9.87. The summed E-state index contributed by atoms with van der Waals surface area (Å²) in [5, 5.41) is 6.07. The predicted molar refractivity (Wildman–Crippen MR) is 87.4 cm³/mol. The van der Waals surface area contributed by atoms with Crippen LogP contribution in [-0.2, 0) is 0 Å². The van der Waals surface area contributed by atoms with Crippen molar-refractivity contribution < 1.29 is 0 Å². The lowest BCUT2D eigenvalue weighted by Crippen LogP contribution is -2.56. The number of nitrogens with one attached hydrogen (secondary N) is 1. The molecule has 1 unspecified atom stereocenters. The fourth-order valence-corrected chi connectivity index (χ4v) is 5.24. The zero-order valence-corrected chi connectivity index (χ0v) is 13.6. The quantitative estimate of drug-likeness (QED) is 0.875. The van der Waals surface area contributed by atoms with Crippen molar-refractivity contribution in [3.63, 3.8) is 0 Å². The van der Waals surface area contributed by atoms with Crippen molar-refractivity contribution in [2.24, 2.45) is 0 Å². The van der Waals surface area contributed by atoms with Gasteiger partial charge in [-0.05, 0) is 56.8 Å². The van der Waals surface area contributed by atoms with Gasteiger partial charge in [0.1, 0.15) is 0 Å². The van der Waals surface area contributed by atoms with Crippen molar-refractivity contribution in [2.45, 2.75) is 63.5 Å². The maximum Gasteiger partial charge on any atom is 0.0601 e. The highest BCUT2D eigenvalue weighted by Gasteiger charge is 2.46.